The van der Waals surface area contributed by atoms with Crippen LogP contribution in [0.1, 0.15) is 40.5 Å². The van der Waals surface area contributed by atoms with Gasteiger partial charge in [0.1, 0.15) is 5.41 Å². The first kappa shape index (κ1) is 14.4. The van der Waals surface area contributed by atoms with Crippen LogP contribution >= 0.6 is 0 Å². The lowest BCUT2D eigenvalue weighted by molar-refractivity contribution is -0.127. The van der Waals surface area contributed by atoms with Gasteiger partial charge in [-0.25, -0.2) is 4.79 Å². The van der Waals surface area contributed by atoms with Gasteiger partial charge in [0.05, 0.1) is 6.07 Å². The van der Waals surface area contributed by atoms with Gasteiger partial charge in [-0.2, -0.15) is 5.26 Å². The minimum Gasteiger partial charge on any atom is -0.336 e. The van der Waals surface area contributed by atoms with Gasteiger partial charge in [0.25, 0.3) is 0 Å². The number of imide groups is 1. The predicted molar refractivity (Wildman–Crippen MR) is 60.4 cm³/mol. The molecule has 16 heavy (non-hydrogen) atoms. The fourth-order valence-electron chi connectivity index (χ4n) is 1.30. The van der Waals surface area contributed by atoms with E-state index >= 15 is 0 Å². The fourth-order valence-corrected chi connectivity index (χ4v) is 1.30. The highest BCUT2D eigenvalue weighted by molar-refractivity contribution is 5.98. The first-order chi connectivity index (χ1) is 7.41. The second-order valence-electron chi connectivity index (χ2n) is 3.98. The molecule has 90 valence electrons. The van der Waals surface area contributed by atoms with Crippen LogP contribution in [-0.2, 0) is 4.79 Å². The van der Waals surface area contributed by atoms with E-state index in [0.29, 0.717) is 12.8 Å². The Morgan fingerprint density at radius 1 is 1.31 bits per heavy atom. The van der Waals surface area contributed by atoms with E-state index in [-0.39, 0.29) is 6.04 Å². The van der Waals surface area contributed by atoms with Crippen LogP contribution in [0, 0.1) is 16.7 Å². The summed E-state index contributed by atoms with van der Waals surface area (Å²) >= 11 is 0. The number of hydrogen-bond donors (Lipinski definition) is 2. The summed E-state index contributed by atoms with van der Waals surface area (Å²) in [4.78, 5) is 23.1. The molecule has 0 rings (SSSR count). The van der Waals surface area contributed by atoms with Crippen molar-refractivity contribution in [3.05, 3.63) is 0 Å². The van der Waals surface area contributed by atoms with Crippen LogP contribution in [-0.4, -0.2) is 18.0 Å². The lowest BCUT2D eigenvalue weighted by Crippen LogP contribution is -2.48. The second kappa shape index (κ2) is 6.11. The van der Waals surface area contributed by atoms with Gasteiger partial charge >= 0.3 is 6.03 Å². The van der Waals surface area contributed by atoms with Crippen molar-refractivity contribution >= 4 is 11.9 Å². The molecule has 0 saturated carbocycles. The van der Waals surface area contributed by atoms with E-state index in [1.165, 1.54) is 0 Å². The summed E-state index contributed by atoms with van der Waals surface area (Å²) in [6.45, 7) is 7.10. The highest BCUT2D eigenvalue weighted by atomic mass is 16.2. The molecule has 0 aliphatic rings. The minimum atomic E-state index is -1.10. The zero-order chi connectivity index (χ0) is 12.8. The summed E-state index contributed by atoms with van der Waals surface area (Å²) in [6, 6.07) is 1.38. The van der Waals surface area contributed by atoms with Crippen LogP contribution < -0.4 is 10.6 Å². The molecule has 0 aromatic carbocycles. The number of rotatable bonds is 4. The van der Waals surface area contributed by atoms with E-state index in [1.54, 1.807) is 27.7 Å². The molecule has 5 nitrogen and oxygen atoms in total. The first-order valence-electron chi connectivity index (χ1n) is 5.45. The highest BCUT2D eigenvalue weighted by Crippen LogP contribution is 2.25. The van der Waals surface area contributed by atoms with Gasteiger partial charge in [-0.15, -0.1) is 0 Å². The molecule has 0 aromatic heterocycles. The fraction of sp³-hybridized carbons (Fsp3) is 0.727. The summed E-state index contributed by atoms with van der Waals surface area (Å²) < 4.78 is 0. The Labute approximate surface area is 96.2 Å². The smallest absolute Gasteiger partial charge is 0.321 e. The van der Waals surface area contributed by atoms with Crippen LogP contribution in [0.15, 0.2) is 0 Å². The molecule has 0 saturated heterocycles. The summed E-state index contributed by atoms with van der Waals surface area (Å²) in [5.74, 6) is -0.529. The lowest BCUT2D eigenvalue weighted by Gasteiger charge is -2.21. The zero-order valence-corrected chi connectivity index (χ0v) is 10.3. The van der Waals surface area contributed by atoms with Gasteiger partial charge in [0.15, 0.2) is 0 Å². The van der Waals surface area contributed by atoms with E-state index in [9.17, 15) is 9.59 Å². The van der Waals surface area contributed by atoms with Gasteiger partial charge in [0.2, 0.25) is 5.91 Å². The summed E-state index contributed by atoms with van der Waals surface area (Å²) in [5, 5.41) is 13.7. The molecule has 3 amide bonds. The van der Waals surface area contributed by atoms with Gasteiger partial charge in [-0.3, -0.25) is 10.1 Å². The molecule has 5 heteroatoms. The Bertz CT molecular complexity index is 301. The Morgan fingerprint density at radius 2 is 1.81 bits per heavy atom. The summed E-state index contributed by atoms with van der Waals surface area (Å²) in [5.41, 5.74) is -1.10. The maximum Gasteiger partial charge on any atom is 0.321 e. The third-order valence-electron chi connectivity index (χ3n) is 2.50. The molecular weight excluding hydrogens is 206 g/mol. The van der Waals surface area contributed by atoms with Crippen molar-refractivity contribution in [2.75, 3.05) is 0 Å². The number of carbonyl (C=O) groups excluding carboxylic acids is 2. The molecule has 2 N–H and O–H groups in total. The van der Waals surface area contributed by atoms with Crippen LogP contribution in [0.2, 0.25) is 0 Å². The van der Waals surface area contributed by atoms with Crippen molar-refractivity contribution in [3.63, 3.8) is 0 Å². The average Bonchev–Trinajstić information content (AvgIpc) is 2.19. The minimum absolute atomic E-state index is 0.0486. The molecule has 0 spiro atoms. The molecule has 0 bridgehead atoms. The number of urea groups is 1. The van der Waals surface area contributed by atoms with Crippen molar-refractivity contribution < 1.29 is 9.59 Å². The predicted octanol–water partition coefficient (Wildman–Crippen LogP) is 1.55. The zero-order valence-electron chi connectivity index (χ0n) is 10.3. The molecule has 0 atom stereocenters. The summed E-state index contributed by atoms with van der Waals surface area (Å²) in [6.07, 6.45) is 0.779. The monoisotopic (exact) mass is 225 g/mol. The molecule has 0 aliphatic heterocycles. The maximum atomic E-state index is 11.8. The number of amides is 3. The van der Waals surface area contributed by atoms with Gasteiger partial charge < -0.3 is 5.32 Å². The number of nitrogens with one attached hydrogen (secondary N) is 2. The topological polar surface area (TPSA) is 82.0 Å². The van der Waals surface area contributed by atoms with E-state index in [2.05, 4.69) is 10.6 Å². The maximum absolute atomic E-state index is 11.8. The van der Waals surface area contributed by atoms with Crippen LogP contribution in [0.3, 0.4) is 0 Å². The Kier molecular flexibility index (Phi) is 5.51. The van der Waals surface area contributed by atoms with Gasteiger partial charge in [0, 0.05) is 6.04 Å². The number of hydrogen-bond acceptors (Lipinski definition) is 3. The number of carbonyl (C=O) groups is 2. The third-order valence-corrected chi connectivity index (χ3v) is 2.50. The Hall–Kier alpha value is -1.57. The van der Waals surface area contributed by atoms with Gasteiger partial charge in [-0.05, 0) is 26.7 Å². The first-order valence-corrected chi connectivity index (χ1v) is 5.45. The van der Waals surface area contributed by atoms with E-state index < -0.39 is 17.4 Å². The lowest BCUT2D eigenvalue weighted by atomic mass is 9.83. The molecule has 0 unspecified atom stereocenters. The number of nitriles is 1. The largest absolute Gasteiger partial charge is 0.336 e. The van der Waals surface area contributed by atoms with Gasteiger partial charge in [-0.1, -0.05) is 13.8 Å². The molecular formula is C11H19N3O2. The molecule has 0 aromatic rings. The van der Waals surface area contributed by atoms with Crippen LogP contribution in [0.5, 0.6) is 0 Å². The third kappa shape index (κ3) is 3.54. The summed E-state index contributed by atoms with van der Waals surface area (Å²) in [7, 11) is 0. The molecule has 0 fully saturated rings. The quantitative estimate of drug-likeness (QED) is 0.761. The molecule has 0 heterocycles. The average molecular weight is 225 g/mol. The standard InChI is InChI=1S/C11H19N3O2/c1-5-11(6-2,7-12)9(15)14-10(16)13-8(3)4/h8H,5-6H2,1-4H3,(H2,13,14,15,16). The van der Waals surface area contributed by atoms with Crippen molar-refractivity contribution in [1.29, 1.82) is 5.26 Å². The highest BCUT2D eigenvalue weighted by Gasteiger charge is 2.35. The Morgan fingerprint density at radius 3 is 2.12 bits per heavy atom. The normalized spacial score (nSPS) is 10.8. The van der Waals surface area contributed by atoms with Crippen molar-refractivity contribution in [3.8, 4) is 6.07 Å². The van der Waals surface area contributed by atoms with Crippen LogP contribution in [0.25, 0.3) is 0 Å². The van der Waals surface area contributed by atoms with Crippen molar-refractivity contribution in [2.24, 2.45) is 5.41 Å². The van der Waals surface area contributed by atoms with E-state index in [1.807, 2.05) is 6.07 Å². The Balaban J connectivity index is 4.56. The second-order valence-corrected chi connectivity index (χ2v) is 3.98. The van der Waals surface area contributed by atoms with Crippen molar-refractivity contribution in [2.45, 2.75) is 46.6 Å². The molecule has 0 aliphatic carbocycles. The van der Waals surface area contributed by atoms with Crippen molar-refractivity contribution in [1.82, 2.24) is 10.6 Å². The SMILES string of the molecule is CCC(C#N)(CC)C(=O)NC(=O)NC(C)C. The van der Waals surface area contributed by atoms with E-state index in [0.717, 1.165) is 0 Å². The van der Waals surface area contributed by atoms with Crippen LogP contribution in [0.4, 0.5) is 4.79 Å². The molecule has 0 radical (unpaired) electrons. The van der Waals surface area contributed by atoms with E-state index in [4.69, 9.17) is 5.26 Å². The number of nitrogens with zero attached hydrogens (tertiary/aromatic N) is 1.